The first-order valence-corrected chi connectivity index (χ1v) is 4.52. The van der Waals surface area contributed by atoms with Crippen LogP contribution in [0, 0.1) is 6.92 Å². The Hall–Kier alpha value is -0.860. The highest BCUT2D eigenvalue weighted by Crippen LogP contribution is 2.23. The van der Waals surface area contributed by atoms with Crippen LogP contribution in [-0.4, -0.2) is 9.97 Å². The Morgan fingerprint density at radius 2 is 1.92 bits per heavy atom. The van der Waals surface area contributed by atoms with Crippen LogP contribution in [0.2, 0.25) is 10.2 Å². The SMILES string of the molecule is Cc1nc(Cl)c2cc(Cl)ccc2n1. The highest BCUT2D eigenvalue weighted by Gasteiger charge is 2.03. The third-order valence-electron chi connectivity index (χ3n) is 1.72. The van der Waals surface area contributed by atoms with Crippen molar-refractivity contribution in [3.63, 3.8) is 0 Å². The van der Waals surface area contributed by atoms with Gasteiger partial charge in [-0.2, -0.15) is 0 Å². The van der Waals surface area contributed by atoms with Gasteiger partial charge < -0.3 is 0 Å². The van der Waals surface area contributed by atoms with Crippen LogP contribution in [-0.2, 0) is 0 Å². The van der Waals surface area contributed by atoms with E-state index in [1.807, 2.05) is 6.07 Å². The van der Waals surface area contributed by atoms with Gasteiger partial charge in [0.25, 0.3) is 0 Å². The van der Waals surface area contributed by atoms with Crippen LogP contribution in [0.25, 0.3) is 10.9 Å². The van der Waals surface area contributed by atoms with Crippen LogP contribution in [0.15, 0.2) is 18.2 Å². The minimum absolute atomic E-state index is 0.449. The summed E-state index contributed by atoms with van der Waals surface area (Å²) in [6, 6.07) is 5.38. The average Bonchev–Trinajstić information content (AvgIpc) is 2.06. The summed E-state index contributed by atoms with van der Waals surface area (Å²) in [6.45, 7) is 1.81. The quantitative estimate of drug-likeness (QED) is 0.627. The van der Waals surface area contributed by atoms with Gasteiger partial charge in [0.15, 0.2) is 0 Å². The molecule has 0 fully saturated rings. The summed E-state index contributed by atoms with van der Waals surface area (Å²) in [5, 5.41) is 1.88. The maximum absolute atomic E-state index is 5.92. The van der Waals surface area contributed by atoms with Gasteiger partial charge in [0.2, 0.25) is 0 Å². The van der Waals surface area contributed by atoms with Gasteiger partial charge in [-0.1, -0.05) is 23.2 Å². The van der Waals surface area contributed by atoms with Crippen LogP contribution in [0.5, 0.6) is 0 Å². The molecule has 0 aliphatic carbocycles. The van der Waals surface area contributed by atoms with E-state index in [1.165, 1.54) is 0 Å². The Labute approximate surface area is 85.5 Å². The Morgan fingerprint density at radius 1 is 1.15 bits per heavy atom. The fourth-order valence-corrected chi connectivity index (χ4v) is 1.62. The largest absolute Gasteiger partial charge is 0.233 e. The summed E-state index contributed by atoms with van der Waals surface area (Å²) in [4.78, 5) is 8.26. The van der Waals surface area contributed by atoms with Crippen molar-refractivity contribution in [3.8, 4) is 0 Å². The molecule has 2 aromatic rings. The lowest BCUT2D eigenvalue weighted by molar-refractivity contribution is 1.09. The Bertz CT molecular complexity index is 468. The maximum atomic E-state index is 5.92. The summed E-state index contributed by atoms with van der Waals surface area (Å²) in [6.07, 6.45) is 0. The average molecular weight is 213 g/mol. The zero-order valence-corrected chi connectivity index (χ0v) is 8.39. The van der Waals surface area contributed by atoms with E-state index in [0.717, 1.165) is 10.9 Å². The van der Waals surface area contributed by atoms with Crippen molar-refractivity contribution in [2.24, 2.45) is 0 Å². The first-order valence-electron chi connectivity index (χ1n) is 3.76. The molecule has 2 nitrogen and oxygen atoms in total. The molecule has 0 bridgehead atoms. The summed E-state index contributed by atoms with van der Waals surface area (Å²) in [5.74, 6) is 0.667. The van der Waals surface area contributed by atoms with Crippen molar-refractivity contribution >= 4 is 34.1 Å². The van der Waals surface area contributed by atoms with E-state index < -0.39 is 0 Å². The Balaban J connectivity index is 2.87. The van der Waals surface area contributed by atoms with Gasteiger partial charge in [0.1, 0.15) is 11.0 Å². The summed E-state index contributed by atoms with van der Waals surface area (Å²) < 4.78 is 0. The van der Waals surface area contributed by atoms with Gasteiger partial charge in [0.05, 0.1) is 5.52 Å². The third-order valence-corrected chi connectivity index (χ3v) is 2.25. The zero-order valence-electron chi connectivity index (χ0n) is 6.88. The summed E-state index contributed by atoms with van der Waals surface area (Å²) in [7, 11) is 0. The molecule has 0 aliphatic rings. The van der Waals surface area contributed by atoms with E-state index >= 15 is 0 Å². The van der Waals surface area contributed by atoms with Crippen LogP contribution in [0.1, 0.15) is 5.82 Å². The number of benzene rings is 1. The maximum Gasteiger partial charge on any atom is 0.140 e. The van der Waals surface area contributed by atoms with Crippen molar-refractivity contribution in [2.75, 3.05) is 0 Å². The number of halogens is 2. The molecule has 0 unspecified atom stereocenters. The first-order chi connectivity index (χ1) is 6.16. The lowest BCUT2D eigenvalue weighted by Gasteiger charge is -2.00. The van der Waals surface area contributed by atoms with Crippen LogP contribution in [0.3, 0.4) is 0 Å². The highest BCUT2D eigenvalue weighted by molar-refractivity contribution is 6.35. The van der Waals surface area contributed by atoms with E-state index in [2.05, 4.69) is 9.97 Å². The molecule has 0 spiro atoms. The van der Waals surface area contributed by atoms with E-state index in [4.69, 9.17) is 23.2 Å². The van der Waals surface area contributed by atoms with Crippen molar-refractivity contribution < 1.29 is 0 Å². The van der Waals surface area contributed by atoms with E-state index in [1.54, 1.807) is 19.1 Å². The first kappa shape index (κ1) is 8.73. The second-order valence-electron chi connectivity index (χ2n) is 2.72. The number of rotatable bonds is 0. The van der Waals surface area contributed by atoms with Gasteiger partial charge in [-0.15, -0.1) is 0 Å². The minimum Gasteiger partial charge on any atom is -0.233 e. The van der Waals surface area contributed by atoms with E-state index in [9.17, 15) is 0 Å². The summed E-state index contributed by atoms with van der Waals surface area (Å²) in [5.41, 5.74) is 0.821. The number of fused-ring (bicyclic) bond motifs is 1. The number of nitrogens with zero attached hydrogens (tertiary/aromatic N) is 2. The molecule has 1 aromatic carbocycles. The lowest BCUT2D eigenvalue weighted by Crippen LogP contribution is -1.89. The second-order valence-corrected chi connectivity index (χ2v) is 3.52. The molecule has 0 N–H and O–H groups in total. The second kappa shape index (κ2) is 3.13. The fourth-order valence-electron chi connectivity index (χ4n) is 1.17. The molecule has 66 valence electrons. The molecule has 0 saturated carbocycles. The molecule has 1 aromatic heterocycles. The topological polar surface area (TPSA) is 25.8 Å². The van der Waals surface area contributed by atoms with Gasteiger partial charge >= 0.3 is 0 Å². The Kier molecular flexibility index (Phi) is 2.10. The highest BCUT2D eigenvalue weighted by atomic mass is 35.5. The molecule has 13 heavy (non-hydrogen) atoms. The van der Waals surface area contributed by atoms with Crippen LogP contribution < -0.4 is 0 Å². The lowest BCUT2D eigenvalue weighted by atomic mass is 10.2. The third kappa shape index (κ3) is 1.60. The van der Waals surface area contributed by atoms with Gasteiger partial charge in [-0.05, 0) is 25.1 Å². The molecule has 1 heterocycles. The molecule has 0 saturated heterocycles. The minimum atomic E-state index is 0.449. The standard InChI is InChI=1S/C9H6Cl2N2/c1-5-12-8-3-2-6(10)4-7(8)9(11)13-5/h2-4H,1H3. The van der Waals surface area contributed by atoms with Crippen LogP contribution in [0.4, 0.5) is 0 Å². The normalized spacial score (nSPS) is 10.7. The van der Waals surface area contributed by atoms with Crippen molar-refractivity contribution in [3.05, 3.63) is 34.2 Å². The van der Waals surface area contributed by atoms with E-state index in [-0.39, 0.29) is 0 Å². The molecule has 2 rings (SSSR count). The van der Waals surface area contributed by atoms with Crippen molar-refractivity contribution in [2.45, 2.75) is 6.92 Å². The van der Waals surface area contributed by atoms with Crippen LogP contribution >= 0.6 is 23.2 Å². The zero-order chi connectivity index (χ0) is 9.42. The Morgan fingerprint density at radius 3 is 2.69 bits per heavy atom. The predicted molar refractivity (Wildman–Crippen MR) is 54.3 cm³/mol. The number of hydrogen-bond acceptors (Lipinski definition) is 2. The smallest absolute Gasteiger partial charge is 0.140 e. The molecular formula is C9H6Cl2N2. The molecule has 0 aliphatic heterocycles. The molecule has 4 heteroatoms. The number of aromatic nitrogens is 2. The van der Waals surface area contributed by atoms with Gasteiger partial charge in [0, 0.05) is 10.4 Å². The monoisotopic (exact) mass is 212 g/mol. The molecule has 0 amide bonds. The van der Waals surface area contributed by atoms with Gasteiger partial charge in [-0.3, -0.25) is 0 Å². The molecular weight excluding hydrogens is 207 g/mol. The van der Waals surface area contributed by atoms with Gasteiger partial charge in [-0.25, -0.2) is 9.97 Å². The molecule has 0 atom stereocenters. The predicted octanol–water partition coefficient (Wildman–Crippen LogP) is 3.25. The molecule has 0 radical (unpaired) electrons. The van der Waals surface area contributed by atoms with Crippen molar-refractivity contribution in [1.82, 2.24) is 9.97 Å². The number of aryl methyl sites for hydroxylation is 1. The summed E-state index contributed by atoms with van der Waals surface area (Å²) >= 11 is 11.7. The van der Waals surface area contributed by atoms with E-state index in [0.29, 0.717) is 16.0 Å². The van der Waals surface area contributed by atoms with Crippen molar-refractivity contribution in [1.29, 1.82) is 0 Å². The number of hydrogen-bond donors (Lipinski definition) is 0. The fraction of sp³-hybridized carbons (Fsp3) is 0.111.